The van der Waals surface area contributed by atoms with Gasteiger partial charge in [-0.3, -0.25) is 19.3 Å². The van der Waals surface area contributed by atoms with Crippen LogP contribution < -0.4 is 4.74 Å². The Balaban J connectivity index is 1.76. The zero-order valence-electron chi connectivity index (χ0n) is 20.7. The number of rotatable bonds is 8. The predicted molar refractivity (Wildman–Crippen MR) is 135 cm³/mol. The molecule has 0 saturated heterocycles. The van der Waals surface area contributed by atoms with E-state index in [0.717, 1.165) is 12.8 Å². The molecule has 4 rings (SSSR count). The van der Waals surface area contributed by atoms with Gasteiger partial charge in [0, 0.05) is 12.7 Å². The van der Waals surface area contributed by atoms with Gasteiger partial charge in [-0.15, -0.1) is 0 Å². The van der Waals surface area contributed by atoms with Gasteiger partial charge in [0.05, 0.1) is 12.2 Å². The smallest absolute Gasteiger partial charge is 0.320 e. The minimum Gasteiger partial charge on any atom is -0.481 e. The van der Waals surface area contributed by atoms with Crippen LogP contribution >= 0.6 is 0 Å². The molecule has 3 aliphatic rings. The highest BCUT2D eigenvalue weighted by molar-refractivity contribution is 6.30. The maximum absolute atomic E-state index is 13.4. The highest BCUT2D eigenvalue weighted by Gasteiger charge is 2.43. The molecule has 3 atom stereocenters. The quantitative estimate of drug-likeness (QED) is 0.519. The van der Waals surface area contributed by atoms with E-state index >= 15 is 0 Å². The number of carbonyl (C=O) groups excluding carboxylic acids is 3. The van der Waals surface area contributed by atoms with Crippen LogP contribution in [-0.4, -0.2) is 64.7 Å². The van der Waals surface area contributed by atoms with Crippen molar-refractivity contribution in [3.63, 3.8) is 0 Å². The molecule has 0 bridgehead atoms. The molecule has 0 fully saturated rings. The van der Waals surface area contributed by atoms with Crippen LogP contribution in [0.1, 0.15) is 33.6 Å². The van der Waals surface area contributed by atoms with Crippen LogP contribution in [0.4, 0.5) is 0 Å². The van der Waals surface area contributed by atoms with E-state index in [1.54, 1.807) is 43.2 Å². The molecule has 1 aromatic rings. The molecule has 188 valence electrons. The summed E-state index contributed by atoms with van der Waals surface area (Å²) in [6.07, 6.45) is 8.78. The molecular formula is C27H30N4O5. The summed E-state index contributed by atoms with van der Waals surface area (Å²) in [7, 11) is 0. The second kappa shape index (κ2) is 11.2. The number of allylic oxidation sites excluding steroid dienone is 2. The van der Waals surface area contributed by atoms with Crippen molar-refractivity contribution in [1.82, 2.24) is 9.80 Å². The molecule has 0 aromatic heterocycles. The fourth-order valence-electron chi connectivity index (χ4n) is 4.12. The van der Waals surface area contributed by atoms with Gasteiger partial charge >= 0.3 is 5.97 Å². The van der Waals surface area contributed by atoms with E-state index in [4.69, 9.17) is 14.5 Å². The number of benzene rings is 1. The van der Waals surface area contributed by atoms with Gasteiger partial charge in [0.2, 0.25) is 0 Å². The Hall–Kier alpha value is -4.01. The van der Waals surface area contributed by atoms with E-state index in [2.05, 4.69) is 4.99 Å². The van der Waals surface area contributed by atoms with Crippen molar-refractivity contribution in [2.75, 3.05) is 13.2 Å². The van der Waals surface area contributed by atoms with Crippen LogP contribution in [0, 0.1) is 5.92 Å². The first kappa shape index (κ1) is 25.1. The molecule has 3 unspecified atom stereocenters. The summed E-state index contributed by atoms with van der Waals surface area (Å²) in [5.74, 6) is -1.31. The summed E-state index contributed by atoms with van der Waals surface area (Å²) >= 11 is 0. The van der Waals surface area contributed by atoms with Crippen molar-refractivity contribution in [2.45, 2.75) is 45.9 Å². The number of nitrogens with zero attached hydrogens (tertiary/aromatic N) is 4. The minimum atomic E-state index is -1.03. The first-order chi connectivity index (χ1) is 17.4. The third-order valence-electron chi connectivity index (χ3n) is 5.93. The number of para-hydroxylation sites is 1. The van der Waals surface area contributed by atoms with Gasteiger partial charge in [0.1, 0.15) is 29.5 Å². The van der Waals surface area contributed by atoms with Crippen LogP contribution in [0.5, 0.6) is 5.75 Å². The first-order valence-electron chi connectivity index (χ1n) is 12.2. The molecule has 9 heteroatoms. The van der Waals surface area contributed by atoms with Gasteiger partial charge in [-0.25, -0.2) is 4.99 Å². The average molecular weight is 491 g/mol. The van der Waals surface area contributed by atoms with E-state index in [9.17, 15) is 14.4 Å². The lowest BCUT2D eigenvalue weighted by Gasteiger charge is -2.40. The van der Waals surface area contributed by atoms with Crippen molar-refractivity contribution in [1.29, 1.82) is 0 Å². The van der Waals surface area contributed by atoms with E-state index in [0.29, 0.717) is 23.7 Å². The molecule has 3 aliphatic heterocycles. The number of hydrogen-bond donors (Lipinski definition) is 0. The number of amides is 2. The molecule has 1 aromatic carbocycles. The maximum atomic E-state index is 13.4. The van der Waals surface area contributed by atoms with Gasteiger partial charge in [-0.2, -0.15) is 4.99 Å². The number of amidine groups is 2. The van der Waals surface area contributed by atoms with Gasteiger partial charge in [-0.1, -0.05) is 37.6 Å². The highest BCUT2D eigenvalue weighted by atomic mass is 16.5. The van der Waals surface area contributed by atoms with Crippen molar-refractivity contribution < 1.29 is 23.9 Å². The van der Waals surface area contributed by atoms with Crippen LogP contribution in [0.3, 0.4) is 0 Å². The summed E-state index contributed by atoms with van der Waals surface area (Å²) in [6, 6.07) is 8.98. The first-order valence-corrected chi connectivity index (χ1v) is 12.2. The average Bonchev–Trinajstić information content (AvgIpc) is 2.88. The Labute approximate surface area is 210 Å². The van der Waals surface area contributed by atoms with Gasteiger partial charge in [0.25, 0.3) is 11.8 Å². The van der Waals surface area contributed by atoms with E-state index in [-0.39, 0.29) is 18.3 Å². The zero-order valence-corrected chi connectivity index (χ0v) is 20.7. The summed E-state index contributed by atoms with van der Waals surface area (Å²) in [6.45, 7) is 5.93. The molecule has 36 heavy (non-hydrogen) atoms. The predicted octanol–water partition coefficient (Wildman–Crippen LogP) is 3.25. The molecule has 0 N–H and O–H groups in total. The Morgan fingerprint density at radius 3 is 2.67 bits per heavy atom. The molecule has 9 nitrogen and oxygen atoms in total. The number of aliphatic imine (C=N–C) groups is 2. The molecule has 0 spiro atoms. The fourth-order valence-corrected chi connectivity index (χ4v) is 4.12. The normalized spacial score (nSPS) is 22.4. The van der Waals surface area contributed by atoms with Crippen LogP contribution in [0.2, 0.25) is 0 Å². The van der Waals surface area contributed by atoms with Gasteiger partial charge < -0.3 is 14.4 Å². The monoisotopic (exact) mass is 490 g/mol. The number of ether oxygens (including phenoxy) is 2. The van der Waals surface area contributed by atoms with Gasteiger partial charge in [0.15, 0.2) is 6.10 Å². The third-order valence-corrected chi connectivity index (χ3v) is 5.93. The topological polar surface area (TPSA) is 101 Å². The Morgan fingerprint density at radius 2 is 1.94 bits per heavy atom. The van der Waals surface area contributed by atoms with E-state index in [1.807, 2.05) is 37.3 Å². The number of hydrogen-bond acceptors (Lipinski definition) is 6. The molecule has 0 saturated carbocycles. The highest BCUT2D eigenvalue weighted by Crippen LogP contribution is 2.30. The molecule has 0 radical (unpaired) electrons. The van der Waals surface area contributed by atoms with Crippen LogP contribution in [0.25, 0.3) is 0 Å². The number of fused-ring (bicyclic) bond motifs is 2. The number of carbonyl (C=O) groups is 3. The summed E-state index contributed by atoms with van der Waals surface area (Å²) in [5.41, 5.74) is 0.292. The fraction of sp³-hybridized carbons (Fsp3) is 0.370. The lowest BCUT2D eigenvalue weighted by atomic mass is 9.94. The van der Waals surface area contributed by atoms with E-state index < -0.39 is 30.1 Å². The van der Waals surface area contributed by atoms with Crippen molar-refractivity contribution >= 4 is 29.5 Å². The molecular weight excluding hydrogens is 460 g/mol. The lowest BCUT2D eigenvalue weighted by Crippen LogP contribution is -2.54. The Kier molecular flexibility index (Phi) is 7.77. The lowest BCUT2D eigenvalue weighted by molar-refractivity contribution is -0.144. The summed E-state index contributed by atoms with van der Waals surface area (Å²) < 4.78 is 11.1. The van der Waals surface area contributed by atoms with Crippen molar-refractivity contribution in [3.8, 4) is 5.75 Å². The number of esters is 1. The minimum absolute atomic E-state index is 0.152. The van der Waals surface area contributed by atoms with Gasteiger partial charge in [-0.05, 0) is 50.6 Å². The van der Waals surface area contributed by atoms with Crippen LogP contribution in [0.15, 0.2) is 76.4 Å². The summed E-state index contributed by atoms with van der Waals surface area (Å²) in [4.78, 5) is 51.9. The molecule has 3 heterocycles. The van der Waals surface area contributed by atoms with Crippen molar-refractivity contribution in [2.24, 2.45) is 15.9 Å². The van der Waals surface area contributed by atoms with Crippen LogP contribution in [-0.2, 0) is 19.1 Å². The SMILES string of the molecule is CCCCN1C2=NC3C=CC=CN3C(=O)C2=CC(C(=O)OCC)C1=NC(=O)C(C)Oc1ccccc1. The standard InChI is InChI=1S/C27H30N4O5/c1-4-6-15-31-23-20(26(33)30-16-11-10-14-22(30)28-23)17-21(27(34)35-5-2)24(31)29-25(32)18(3)36-19-12-8-7-9-13-19/h7-14,16-18,21-22H,4-6,15H2,1-3H3. The molecule has 0 aliphatic carbocycles. The second-order valence-corrected chi connectivity index (χ2v) is 8.50. The summed E-state index contributed by atoms with van der Waals surface area (Å²) in [5, 5.41) is 0. The number of unbranched alkanes of at least 4 members (excludes halogenated alkanes) is 1. The molecule has 2 amide bonds. The second-order valence-electron chi connectivity index (χ2n) is 8.50. The third kappa shape index (κ3) is 5.15. The zero-order chi connectivity index (χ0) is 25.7. The maximum Gasteiger partial charge on any atom is 0.320 e. The largest absolute Gasteiger partial charge is 0.481 e. The Bertz CT molecular complexity index is 1170. The van der Waals surface area contributed by atoms with E-state index in [1.165, 1.54) is 11.0 Å². The van der Waals surface area contributed by atoms with Crippen molar-refractivity contribution in [3.05, 3.63) is 66.4 Å². The Morgan fingerprint density at radius 1 is 1.17 bits per heavy atom.